The molecule has 1 aliphatic heterocycles. The zero-order chi connectivity index (χ0) is 22.2. The summed E-state index contributed by atoms with van der Waals surface area (Å²) in [6.45, 7) is 22.4. The lowest BCUT2D eigenvalue weighted by molar-refractivity contribution is 0.00578. The summed E-state index contributed by atoms with van der Waals surface area (Å²) in [4.78, 5) is 19.5. The van der Waals surface area contributed by atoms with Gasteiger partial charge in [-0.15, -0.1) is 0 Å². The van der Waals surface area contributed by atoms with Crippen molar-refractivity contribution in [1.29, 1.82) is 0 Å². The fourth-order valence-electron chi connectivity index (χ4n) is 3.15. The van der Waals surface area contributed by atoms with Crippen LogP contribution in [0.4, 0.5) is 11.6 Å². The number of rotatable bonds is 3. The molecule has 2 aromatic heterocycles. The molecule has 8 heteroatoms. The predicted octanol–water partition coefficient (Wildman–Crippen LogP) is 4.61. The first-order valence-electron chi connectivity index (χ1n) is 9.79. The van der Waals surface area contributed by atoms with E-state index in [1.807, 2.05) is 64.1 Å². The van der Waals surface area contributed by atoms with Crippen molar-refractivity contribution in [2.24, 2.45) is 0 Å². The summed E-state index contributed by atoms with van der Waals surface area (Å²) in [6, 6.07) is 13.0. The van der Waals surface area contributed by atoms with Gasteiger partial charge in [-0.25, -0.2) is 0 Å². The summed E-state index contributed by atoms with van der Waals surface area (Å²) < 4.78 is 12.2. The van der Waals surface area contributed by atoms with E-state index in [1.165, 1.54) is 6.07 Å². The van der Waals surface area contributed by atoms with Gasteiger partial charge in [-0.05, 0) is 51.4 Å². The highest BCUT2D eigenvalue weighted by Crippen LogP contribution is 2.36. The molecule has 152 valence electrons. The van der Waals surface area contributed by atoms with Crippen molar-refractivity contribution in [3.05, 3.63) is 71.5 Å². The largest absolute Gasteiger partial charge is 0.494 e. The Labute approximate surface area is 181 Å². The Balaban J connectivity index is 1.56. The monoisotopic (exact) mass is 409 g/mol. The second-order valence-corrected chi connectivity index (χ2v) is 8.27. The Kier molecular flexibility index (Phi) is 5.06. The molecule has 0 saturated carbocycles. The molecule has 1 saturated heterocycles. The summed E-state index contributed by atoms with van der Waals surface area (Å²) in [5.41, 5.74) is 2.57. The van der Waals surface area contributed by atoms with Gasteiger partial charge in [0.2, 0.25) is 0 Å². The Morgan fingerprint density at radius 3 is 1.84 bits per heavy atom. The molecule has 0 spiro atoms. The molecule has 4 rings (SSSR count). The van der Waals surface area contributed by atoms with Crippen molar-refractivity contribution in [3.8, 4) is 22.6 Å². The summed E-state index contributed by atoms with van der Waals surface area (Å²) in [5, 5.41) is 0. The van der Waals surface area contributed by atoms with E-state index in [0.29, 0.717) is 11.4 Å². The predicted molar refractivity (Wildman–Crippen MR) is 119 cm³/mol. The summed E-state index contributed by atoms with van der Waals surface area (Å²) >= 11 is 0. The molecule has 3 aromatic rings. The number of nitrogens with zero attached hydrogens (tertiary/aromatic N) is 5. The lowest BCUT2D eigenvalue weighted by Crippen LogP contribution is -2.41. The van der Waals surface area contributed by atoms with Crippen molar-refractivity contribution in [3.63, 3.8) is 0 Å². The van der Waals surface area contributed by atoms with Crippen molar-refractivity contribution < 1.29 is 9.31 Å². The number of pyridine rings is 1. The van der Waals surface area contributed by atoms with Crippen LogP contribution in [0.2, 0.25) is 0 Å². The fourth-order valence-corrected chi connectivity index (χ4v) is 3.15. The van der Waals surface area contributed by atoms with E-state index < -0.39 is 7.12 Å². The quantitative estimate of drug-likeness (QED) is 0.467. The number of hydrogen-bond acceptors (Lipinski definition) is 5. The van der Waals surface area contributed by atoms with Crippen LogP contribution in [0.3, 0.4) is 0 Å². The van der Waals surface area contributed by atoms with Gasteiger partial charge in [0, 0.05) is 11.8 Å². The Morgan fingerprint density at radius 1 is 0.806 bits per heavy atom. The maximum absolute atomic E-state index is 7.14. The molecule has 0 bridgehead atoms. The van der Waals surface area contributed by atoms with Gasteiger partial charge in [0.1, 0.15) is 0 Å². The van der Waals surface area contributed by atoms with Crippen molar-refractivity contribution in [1.82, 2.24) is 15.0 Å². The number of aromatic nitrogens is 3. The van der Waals surface area contributed by atoms with Crippen molar-refractivity contribution >= 4 is 24.2 Å². The molecule has 0 amide bonds. The summed E-state index contributed by atoms with van der Waals surface area (Å²) in [7, 11) is -0.405. The second-order valence-electron chi connectivity index (χ2n) is 8.27. The van der Waals surface area contributed by atoms with E-state index in [4.69, 9.17) is 22.5 Å². The van der Waals surface area contributed by atoms with Crippen LogP contribution in [0.25, 0.3) is 32.3 Å². The minimum Gasteiger partial charge on any atom is -0.399 e. The van der Waals surface area contributed by atoms with Gasteiger partial charge in [-0.1, -0.05) is 47.4 Å². The maximum Gasteiger partial charge on any atom is 0.494 e. The number of benzene rings is 1. The van der Waals surface area contributed by atoms with Crippen LogP contribution in [0.15, 0.2) is 48.7 Å². The van der Waals surface area contributed by atoms with Crippen LogP contribution < -0.4 is 5.46 Å². The van der Waals surface area contributed by atoms with Crippen molar-refractivity contribution in [2.45, 2.75) is 38.9 Å². The van der Waals surface area contributed by atoms with Crippen LogP contribution >= 0.6 is 0 Å². The van der Waals surface area contributed by atoms with Gasteiger partial charge in [-0.3, -0.25) is 4.98 Å². The van der Waals surface area contributed by atoms with Crippen LogP contribution in [0, 0.1) is 13.1 Å². The highest BCUT2D eigenvalue weighted by molar-refractivity contribution is 6.62. The molecule has 31 heavy (non-hydrogen) atoms. The van der Waals surface area contributed by atoms with Gasteiger partial charge >= 0.3 is 12.9 Å². The van der Waals surface area contributed by atoms with Gasteiger partial charge in [0.25, 0.3) is 11.6 Å². The van der Waals surface area contributed by atoms with E-state index in [0.717, 1.165) is 16.7 Å². The highest BCUT2D eigenvalue weighted by Gasteiger charge is 2.51. The molecular formula is C23H20BN5O2. The maximum atomic E-state index is 7.14. The normalized spacial score (nSPS) is 16.5. The first-order valence-corrected chi connectivity index (χ1v) is 9.79. The molecule has 0 aliphatic carbocycles. The lowest BCUT2D eigenvalue weighted by atomic mass is 9.79. The van der Waals surface area contributed by atoms with Crippen LogP contribution in [0.5, 0.6) is 0 Å². The smallest absolute Gasteiger partial charge is 0.399 e. The van der Waals surface area contributed by atoms with Crippen LogP contribution in [0.1, 0.15) is 27.7 Å². The Bertz CT molecular complexity index is 1160. The summed E-state index contributed by atoms with van der Waals surface area (Å²) in [6.07, 6.45) is 1.65. The first kappa shape index (κ1) is 20.7. The Hall–Kier alpha value is -3.59. The van der Waals surface area contributed by atoms with E-state index in [9.17, 15) is 0 Å². The zero-order valence-electron chi connectivity index (χ0n) is 17.7. The first-order chi connectivity index (χ1) is 14.7. The molecule has 0 unspecified atom stereocenters. The zero-order valence-corrected chi connectivity index (χ0v) is 17.7. The van der Waals surface area contributed by atoms with Crippen LogP contribution in [-0.4, -0.2) is 33.3 Å². The van der Waals surface area contributed by atoms with Crippen LogP contribution in [-0.2, 0) is 9.31 Å². The molecule has 1 aliphatic rings. The summed E-state index contributed by atoms with van der Waals surface area (Å²) in [5.74, 6) is 0.589. The highest BCUT2D eigenvalue weighted by atomic mass is 16.7. The average Bonchev–Trinajstić information content (AvgIpc) is 3.00. The molecule has 0 atom stereocenters. The van der Waals surface area contributed by atoms with E-state index >= 15 is 0 Å². The van der Waals surface area contributed by atoms with Gasteiger partial charge < -0.3 is 19.0 Å². The minimum absolute atomic E-state index is 0.137. The third kappa shape index (κ3) is 3.92. The van der Waals surface area contributed by atoms with Gasteiger partial charge in [0.05, 0.1) is 22.5 Å². The van der Waals surface area contributed by atoms with E-state index in [-0.39, 0.29) is 22.8 Å². The van der Waals surface area contributed by atoms with Gasteiger partial charge in [0.15, 0.2) is 0 Å². The second kappa shape index (κ2) is 7.59. The Morgan fingerprint density at radius 2 is 1.35 bits per heavy atom. The molecule has 1 aromatic carbocycles. The third-order valence-electron chi connectivity index (χ3n) is 5.68. The molecule has 0 N–H and O–H groups in total. The molecule has 7 nitrogen and oxygen atoms in total. The molecule has 1 fully saturated rings. The van der Waals surface area contributed by atoms with Crippen molar-refractivity contribution in [2.75, 3.05) is 0 Å². The molecule has 0 radical (unpaired) electrons. The molecule has 3 heterocycles. The third-order valence-corrected chi connectivity index (χ3v) is 5.68. The topological polar surface area (TPSA) is 65.8 Å². The van der Waals surface area contributed by atoms with E-state index in [2.05, 4.69) is 24.6 Å². The fraction of sp³-hybridized carbons (Fsp3) is 0.261. The standard InChI is InChI=1S/C23H20BN5O2/c1-22(2)23(3,4)31-24(30-22)17-10-7-15(8-11-17)18-12-9-16(14-27-18)21-28-19(25-5)13-20(26-6)29-21/h7-14H,1-4H3. The molecular weight excluding hydrogens is 389 g/mol. The van der Waals surface area contributed by atoms with Gasteiger partial charge in [-0.2, -0.15) is 0 Å². The minimum atomic E-state index is -0.405. The van der Waals surface area contributed by atoms with E-state index in [1.54, 1.807) is 6.20 Å². The average molecular weight is 409 g/mol. The SMILES string of the molecule is [C-]#[N+]c1cc([N+]#[C-])nc(-c2ccc(-c3ccc(B4OC(C)(C)C(C)(C)O4)cc3)nc2)n1. The lowest BCUT2D eigenvalue weighted by Gasteiger charge is -2.32. The number of hydrogen-bond donors (Lipinski definition) is 0.